The van der Waals surface area contributed by atoms with Crippen molar-refractivity contribution in [3.63, 3.8) is 0 Å². The van der Waals surface area contributed by atoms with E-state index in [0.717, 1.165) is 42.3 Å². The lowest BCUT2D eigenvalue weighted by molar-refractivity contribution is -0.138. The molecule has 2 heterocycles. The maximum Gasteiger partial charge on any atom is 0.303 e. The van der Waals surface area contributed by atoms with Gasteiger partial charge in [0, 0.05) is 29.5 Å². The summed E-state index contributed by atoms with van der Waals surface area (Å²) in [6.07, 6.45) is 4.47. The number of halogens is 2. The quantitative estimate of drug-likeness (QED) is 0.892. The van der Waals surface area contributed by atoms with Gasteiger partial charge in [0.25, 0.3) is 0 Å². The summed E-state index contributed by atoms with van der Waals surface area (Å²) in [5.74, 6) is -0.607. The highest BCUT2D eigenvalue weighted by Crippen LogP contribution is 2.40. The smallest absolute Gasteiger partial charge is 0.303 e. The molecular formula is C16H19BrFNO2. The van der Waals surface area contributed by atoms with E-state index in [4.69, 9.17) is 5.11 Å². The van der Waals surface area contributed by atoms with Crippen molar-refractivity contribution in [3.8, 4) is 0 Å². The number of hydrogen-bond acceptors (Lipinski definition) is 2. The summed E-state index contributed by atoms with van der Waals surface area (Å²) in [6, 6.07) is 5.93. The molecule has 2 atom stereocenters. The molecule has 0 saturated carbocycles. The molecule has 2 aliphatic rings. The summed E-state index contributed by atoms with van der Waals surface area (Å²) in [5.41, 5.74) is 0.982. The summed E-state index contributed by atoms with van der Waals surface area (Å²) in [7, 11) is 0. The van der Waals surface area contributed by atoms with Crippen molar-refractivity contribution in [1.82, 2.24) is 4.90 Å². The normalized spacial score (nSPS) is 28.8. The Morgan fingerprint density at radius 3 is 2.52 bits per heavy atom. The molecule has 3 nitrogen and oxygen atoms in total. The number of aliphatic carboxylic acids is 1. The number of nitrogens with zero attached hydrogens (tertiary/aromatic N) is 1. The van der Waals surface area contributed by atoms with Crippen LogP contribution < -0.4 is 0 Å². The maximum absolute atomic E-state index is 13.5. The number of hydrogen-bond donors (Lipinski definition) is 1. The van der Waals surface area contributed by atoms with E-state index in [-0.39, 0.29) is 12.2 Å². The second-order valence-electron chi connectivity index (χ2n) is 6.27. The van der Waals surface area contributed by atoms with Gasteiger partial charge in [0.1, 0.15) is 5.82 Å². The predicted octanol–water partition coefficient (Wildman–Crippen LogP) is 3.81. The lowest BCUT2D eigenvalue weighted by Crippen LogP contribution is -2.42. The number of rotatable bonds is 4. The average molecular weight is 356 g/mol. The third-order valence-electron chi connectivity index (χ3n) is 4.73. The second kappa shape index (κ2) is 6.05. The first-order valence-corrected chi connectivity index (χ1v) is 8.23. The van der Waals surface area contributed by atoms with Gasteiger partial charge < -0.3 is 5.11 Å². The van der Waals surface area contributed by atoms with Gasteiger partial charge in [-0.15, -0.1) is 0 Å². The number of piperidine rings is 1. The van der Waals surface area contributed by atoms with E-state index >= 15 is 0 Å². The minimum atomic E-state index is -0.693. The van der Waals surface area contributed by atoms with E-state index in [2.05, 4.69) is 20.8 Å². The van der Waals surface area contributed by atoms with E-state index in [1.807, 2.05) is 6.07 Å². The fraction of sp³-hybridized carbons (Fsp3) is 0.562. The van der Waals surface area contributed by atoms with Crippen molar-refractivity contribution in [1.29, 1.82) is 0 Å². The number of carboxylic acids is 1. The van der Waals surface area contributed by atoms with Gasteiger partial charge in [-0.25, -0.2) is 4.39 Å². The largest absolute Gasteiger partial charge is 0.481 e. The van der Waals surface area contributed by atoms with Crippen LogP contribution in [-0.4, -0.2) is 28.1 Å². The van der Waals surface area contributed by atoms with Crippen LogP contribution in [0.4, 0.5) is 4.39 Å². The molecule has 1 N–H and O–H groups in total. The lowest BCUT2D eigenvalue weighted by atomic mass is 9.88. The minimum absolute atomic E-state index is 0.215. The Bertz CT molecular complexity index is 517. The third-order valence-corrected chi connectivity index (χ3v) is 5.19. The minimum Gasteiger partial charge on any atom is -0.481 e. The Balaban J connectivity index is 1.69. The van der Waals surface area contributed by atoms with Crippen LogP contribution in [-0.2, 0) is 11.3 Å². The van der Waals surface area contributed by atoms with Crippen molar-refractivity contribution < 1.29 is 14.3 Å². The molecule has 1 aromatic rings. The second-order valence-corrected chi connectivity index (χ2v) is 7.19. The zero-order valence-electron chi connectivity index (χ0n) is 11.8. The number of fused-ring (bicyclic) bond motifs is 2. The molecule has 2 aliphatic heterocycles. The zero-order chi connectivity index (χ0) is 15.0. The molecule has 3 rings (SSSR count). The molecule has 5 heteroatoms. The fourth-order valence-electron chi connectivity index (χ4n) is 3.97. The van der Waals surface area contributed by atoms with Crippen molar-refractivity contribution in [3.05, 3.63) is 34.1 Å². The van der Waals surface area contributed by atoms with Gasteiger partial charge in [0.2, 0.25) is 0 Å². The summed E-state index contributed by atoms with van der Waals surface area (Å²) in [5, 5.41) is 8.96. The van der Waals surface area contributed by atoms with Crippen LogP contribution in [0.15, 0.2) is 22.7 Å². The molecule has 0 aromatic heterocycles. The van der Waals surface area contributed by atoms with Gasteiger partial charge >= 0.3 is 5.97 Å². The van der Waals surface area contributed by atoms with E-state index in [0.29, 0.717) is 18.0 Å². The first-order valence-electron chi connectivity index (χ1n) is 7.44. The van der Waals surface area contributed by atoms with E-state index in [1.165, 1.54) is 6.07 Å². The molecule has 0 radical (unpaired) electrons. The molecule has 0 spiro atoms. The standard InChI is InChI=1S/C16H19BrFNO2/c17-12-3-11(4-13(18)8-12)9-19-14-1-2-15(19)6-10(5-14)7-16(20)21/h3-4,8,10,14-15H,1-2,5-7,9H2,(H,20,21). The van der Waals surface area contributed by atoms with Crippen LogP contribution in [0.2, 0.25) is 0 Å². The van der Waals surface area contributed by atoms with Gasteiger partial charge in [0.15, 0.2) is 0 Å². The van der Waals surface area contributed by atoms with Gasteiger partial charge in [-0.2, -0.15) is 0 Å². The predicted molar refractivity (Wildman–Crippen MR) is 81.4 cm³/mol. The van der Waals surface area contributed by atoms with Crippen LogP contribution in [0.3, 0.4) is 0 Å². The van der Waals surface area contributed by atoms with E-state index < -0.39 is 5.97 Å². The monoisotopic (exact) mass is 355 g/mol. The lowest BCUT2D eigenvalue weighted by Gasteiger charge is -2.38. The molecular weight excluding hydrogens is 337 g/mol. The van der Waals surface area contributed by atoms with Crippen molar-refractivity contribution >= 4 is 21.9 Å². The summed E-state index contributed by atoms with van der Waals surface area (Å²) in [6.45, 7) is 0.755. The van der Waals surface area contributed by atoms with Gasteiger partial charge in [-0.05, 0) is 55.4 Å². The molecule has 0 aliphatic carbocycles. The molecule has 21 heavy (non-hydrogen) atoms. The van der Waals surface area contributed by atoms with Gasteiger partial charge in [0.05, 0.1) is 0 Å². The van der Waals surface area contributed by atoms with Crippen LogP contribution in [0, 0.1) is 11.7 Å². The van der Waals surface area contributed by atoms with Crippen molar-refractivity contribution in [2.45, 2.75) is 50.7 Å². The Kier molecular flexibility index (Phi) is 4.31. The fourth-order valence-corrected chi connectivity index (χ4v) is 4.48. The van der Waals surface area contributed by atoms with Crippen LogP contribution in [0.25, 0.3) is 0 Å². The molecule has 2 bridgehead atoms. The number of benzene rings is 1. The van der Waals surface area contributed by atoms with E-state index in [1.54, 1.807) is 6.07 Å². The Hall–Kier alpha value is -0.940. The van der Waals surface area contributed by atoms with Crippen molar-refractivity contribution in [2.75, 3.05) is 0 Å². The first-order chi connectivity index (χ1) is 10.0. The summed E-state index contributed by atoms with van der Waals surface area (Å²) >= 11 is 3.34. The van der Waals surface area contributed by atoms with E-state index in [9.17, 15) is 9.18 Å². The topological polar surface area (TPSA) is 40.5 Å². The summed E-state index contributed by atoms with van der Waals surface area (Å²) < 4.78 is 14.3. The molecule has 114 valence electrons. The average Bonchev–Trinajstić information content (AvgIpc) is 2.61. The Labute approximate surface area is 132 Å². The highest BCUT2D eigenvalue weighted by molar-refractivity contribution is 9.10. The van der Waals surface area contributed by atoms with Gasteiger partial charge in [-0.1, -0.05) is 15.9 Å². The SMILES string of the molecule is O=C(O)CC1CC2CCC(C1)N2Cc1cc(F)cc(Br)c1. The Morgan fingerprint density at radius 1 is 1.29 bits per heavy atom. The number of carboxylic acid groups (broad SMARTS) is 1. The molecule has 2 saturated heterocycles. The van der Waals surface area contributed by atoms with Crippen LogP contribution in [0.1, 0.15) is 37.7 Å². The molecule has 2 fully saturated rings. The zero-order valence-corrected chi connectivity index (χ0v) is 13.4. The molecule has 1 aromatic carbocycles. The van der Waals surface area contributed by atoms with Crippen LogP contribution in [0.5, 0.6) is 0 Å². The van der Waals surface area contributed by atoms with Crippen LogP contribution >= 0.6 is 15.9 Å². The molecule has 2 unspecified atom stereocenters. The van der Waals surface area contributed by atoms with Gasteiger partial charge in [-0.3, -0.25) is 9.69 Å². The summed E-state index contributed by atoms with van der Waals surface area (Å²) in [4.78, 5) is 13.3. The molecule has 0 amide bonds. The highest BCUT2D eigenvalue weighted by atomic mass is 79.9. The Morgan fingerprint density at radius 2 is 1.95 bits per heavy atom. The maximum atomic E-state index is 13.5. The van der Waals surface area contributed by atoms with Crippen molar-refractivity contribution in [2.24, 2.45) is 5.92 Å². The first kappa shape index (κ1) is 15.0. The highest BCUT2D eigenvalue weighted by Gasteiger charge is 2.40. The third kappa shape index (κ3) is 3.46. The number of carbonyl (C=O) groups is 1.